The molecule has 1 amide bonds. The number of carbonyl (C=O) groups is 1. The Kier molecular flexibility index (Phi) is 3.69. The van der Waals surface area contributed by atoms with Crippen molar-refractivity contribution in [1.82, 2.24) is 5.32 Å². The van der Waals surface area contributed by atoms with Gasteiger partial charge in [-0.2, -0.15) is 0 Å². The van der Waals surface area contributed by atoms with E-state index in [9.17, 15) is 4.79 Å². The second-order valence-electron chi connectivity index (χ2n) is 4.85. The summed E-state index contributed by atoms with van der Waals surface area (Å²) >= 11 is 6.00. The Bertz CT molecular complexity index is 416. The first kappa shape index (κ1) is 12.4. The van der Waals surface area contributed by atoms with Crippen molar-refractivity contribution in [3.63, 3.8) is 0 Å². The van der Waals surface area contributed by atoms with Gasteiger partial charge < -0.3 is 10.1 Å². The zero-order chi connectivity index (χ0) is 12.3. The Balaban J connectivity index is 1.83. The monoisotopic (exact) mass is 253 g/mol. The summed E-state index contributed by atoms with van der Waals surface area (Å²) in [6.07, 6.45) is 0.330. The van der Waals surface area contributed by atoms with Gasteiger partial charge in [-0.1, -0.05) is 36.7 Å². The first-order valence-electron chi connectivity index (χ1n) is 5.67. The van der Waals surface area contributed by atoms with Gasteiger partial charge in [0, 0.05) is 17.0 Å². The Hall–Kier alpha value is -1.06. The van der Waals surface area contributed by atoms with E-state index in [0.29, 0.717) is 18.0 Å². The number of nitrogens with one attached hydrogen (secondary N) is 1. The van der Waals surface area contributed by atoms with Crippen LogP contribution in [-0.2, 0) is 16.0 Å². The summed E-state index contributed by atoms with van der Waals surface area (Å²) in [6.45, 7) is 4.21. The summed E-state index contributed by atoms with van der Waals surface area (Å²) in [5, 5.41) is 3.56. The van der Waals surface area contributed by atoms with Gasteiger partial charge in [-0.15, -0.1) is 0 Å². The number of carbonyl (C=O) groups excluding carboxylic acids is 1. The number of amides is 1. The SMILES string of the molecule is CC1(CNC(=O)Cc2ccccc2Cl)COC1. The molecule has 0 spiro atoms. The van der Waals surface area contributed by atoms with Crippen LogP contribution in [-0.4, -0.2) is 25.7 Å². The van der Waals surface area contributed by atoms with E-state index >= 15 is 0 Å². The summed E-state index contributed by atoms with van der Waals surface area (Å²) in [7, 11) is 0. The lowest BCUT2D eigenvalue weighted by atomic mass is 9.89. The molecule has 1 N–H and O–H groups in total. The van der Waals surface area contributed by atoms with E-state index in [0.717, 1.165) is 18.8 Å². The standard InChI is InChI=1S/C13H16ClNO2/c1-13(8-17-9-13)7-15-12(16)6-10-4-2-3-5-11(10)14/h2-5H,6-9H2,1H3,(H,15,16). The third-order valence-electron chi connectivity index (χ3n) is 2.92. The molecule has 4 heteroatoms. The second kappa shape index (κ2) is 5.07. The predicted octanol–water partition coefficient (Wildman–Crippen LogP) is 2.04. The average Bonchev–Trinajstić information content (AvgIpc) is 2.27. The first-order valence-corrected chi connectivity index (χ1v) is 6.05. The smallest absolute Gasteiger partial charge is 0.224 e. The quantitative estimate of drug-likeness (QED) is 0.892. The van der Waals surface area contributed by atoms with Gasteiger partial charge >= 0.3 is 0 Å². The molecule has 0 aliphatic carbocycles. The first-order chi connectivity index (χ1) is 8.09. The number of ether oxygens (including phenoxy) is 1. The molecule has 1 saturated heterocycles. The average molecular weight is 254 g/mol. The van der Waals surface area contributed by atoms with Crippen LogP contribution in [0.1, 0.15) is 12.5 Å². The molecule has 1 heterocycles. The summed E-state index contributed by atoms with van der Waals surface area (Å²) in [4.78, 5) is 11.7. The summed E-state index contributed by atoms with van der Waals surface area (Å²) < 4.78 is 5.14. The van der Waals surface area contributed by atoms with Gasteiger partial charge in [0.05, 0.1) is 19.6 Å². The number of rotatable bonds is 4. The molecule has 92 valence electrons. The Morgan fingerprint density at radius 3 is 2.76 bits per heavy atom. The number of hydrogen-bond donors (Lipinski definition) is 1. The topological polar surface area (TPSA) is 38.3 Å². The van der Waals surface area contributed by atoms with Crippen molar-refractivity contribution in [2.45, 2.75) is 13.3 Å². The van der Waals surface area contributed by atoms with Gasteiger partial charge in [-0.3, -0.25) is 4.79 Å². The summed E-state index contributed by atoms with van der Waals surface area (Å²) in [6, 6.07) is 7.41. The van der Waals surface area contributed by atoms with Crippen LogP contribution < -0.4 is 5.32 Å². The summed E-state index contributed by atoms with van der Waals surface area (Å²) in [5.41, 5.74) is 0.970. The lowest BCUT2D eigenvalue weighted by molar-refractivity contribution is -0.126. The van der Waals surface area contributed by atoms with Crippen LogP contribution in [0.3, 0.4) is 0 Å². The van der Waals surface area contributed by atoms with Crippen LogP contribution in [0.25, 0.3) is 0 Å². The van der Waals surface area contributed by atoms with Gasteiger partial charge in [-0.25, -0.2) is 0 Å². The van der Waals surface area contributed by atoms with E-state index in [1.54, 1.807) is 6.07 Å². The van der Waals surface area contributed by atoms with E-state index in [1.165, 1.54) is 0 Å². The van der Waals surface area contributed by atoms with Crippen LogP contribution in [0.2, 0.25) is 5.02 Å². The van der Waals surface area contributed by atoms with Gasteiger partial charge in [0.15, 0.2) is 0 Å². The van der Waals surface area contributed by atoms with Crippen LogP contribution >= 0.6 is 11.6 Å². The molecule has 3 nitrogen and oxygen atoms in total. The lowest BCUT2D eigenvalue weighted by Gasteiger charge is -2.38. The molecular formula is C13H16ClNO2. The number of benzene rings is 1. The van der Waals surface area contributed by atoms with E-state index in [2.05, 4.69) is 12.2 Å². The van der Waals surface area contributed by atoms with Gasteiger partial charge in [0.2, 0.25) is 5.91 Å². The molecule has 1 aliphatic rings. The highest BCUT2D eigenvalue weighted by atomic mass is 35.5. The fourth-order valence-corrected chi connectivity index (χ4v) is 1.94. The van der Waals surface area contributed by atoms with Crippen molar-refractivity contribution in [1.29, 1.82) is 0 Å². The minimum Gasteiger partial charge on any atom is -0.380 e. The van der Waals surface area contributed by atoms with E-state index in [-0.39, 0.29) is 11.3 Å². The molecule has 17 heavy (non-hydrogen) atoms. The van der Waals surface area contributed by atoms with Gasteiger partial charge in [0.1, 0.15) is 0 Å². The van der Waals surface area contributed by atoms with Crippen LogP contribution in [0.5, 0.6) is 0 Å². The molecular weight excluding hydrogens is 238 g/mol. The maximum Gasteiger partial charge on any atom is 0.224 e. The molecule has 0 bridgehead atoms. The Morgan fingerprint density at radius 2 is 2.18 bits per heavy atom. The fourth-order valence-electron chi connectivity index (χ4n) is 1.74. The van der Waals surface area contributed by atoms with Crippen LogP contribution in [0.4, 0.5) is 0 Å². The van der Waals surface area contributed by atoms with Crippen LogP contribution in [0, 0.1) is 5.41 Å². The van der Waals surface area contributed by atoms with Crippen molar-refractivity contribution in [2.75, 3.05) is 19.8 Å². The third kappa shape index (κ3) is 3.20. The molecule has 1 aromatic carbocycles. The zero-order valence-corrected chi connectivity index (χ0v) is 10.6. The molecule has 0 aromatic heterocycles. The second-order valence-corrected chi connectivity index (χ2v) is 5.26. The molecule has 2 rings (SSSR count). The van der Waals surface area contributed by atoms with E-state index in [1.807, 2.05) is 18.2 Å². The Morgan fingerprint density at radius 1 is 1.47 bits per heavy atom. The Labute approximate surface area is 106 Å². The van der Waals surface area contributed by atoms with Crippen LogP contribution in [0.15, 0.2) is 24.3 Å². The van der Waals surface area contributed by atoms with Crippen molar-refractivity contribution >= 4 is 17.5 Å². The highest BCUT2D eigenvalue weighted by molar-refractivity contribution is 6.31. The van der Waals surface area contributed by atoms with E-state index in [4.69, 9.17) is 16.3 Å². The summed E-state index contributed by atoms with van der Waals surface area (Å²) in [5.74, 6) is 0.00576. The molecule has 0 radical (unpaired) electrons. The molecule has 1 aliphatic heterocycles. The van der Waals surface area contributed by atoms with Gasteiger partial charge in [0.25, 0.3) is 0 Å². The fraction of sp³-hybridized carbons (Fsp3) is 0.462. The van der Waals surface area contributed by atoms with E-state index < -0.39 is 0 Å². The molecule has 0 unspecified atom stereocenters. The number of halogens is 1. The lowest BCUT2D eigenvalue weighted by Crippen LogP contribution is -2.48. The van der Waals surface area contributed by atoms with Gasteiger partial charge in [-0.05, 0) is 11.6 Å². The maximum atomic E-state index is 11.7. The van der Waals surface area contributed by atoms with Crippen molar-refractivity contribution in [2.24, 2.45) is 5.41 Å². The molecule has 0 atom stereocenters. The highest BCUT2D eigenvalue weighted by Crippen LogP contribution is 2.25. The molecule has 1 fully saturated rings. The minimum absolute atomic E-state index is 0.00576. The molecule has 1 aromatic rings. The maximum absolute atomic E-state index is 11.7. The predicted molar refractivity (Wildman–Crippen MR) is 67.1 cm³/mol. The minimum atomic E-state index is 0.00576. The highest BCUT2D eigenvalue weighted by Gasteiger charge is 2.33. The largest absolute Gasteiger partial charge is 0.380 e. The van der Waals surface area contributed by atoms with Crippen molar-refractivity contribution < 1.29 is 9.53 Å². The van der Waals surface area contributed by atoms with Crippen molar-refractivity contribution in [3.8, 4) is 0 Å². The zero-order valence-electron chi connectivity index (χ0n) is 9.83. The van der Waals surface area contributed by atoms with Crippen molar-refractivity contribution in [3.05, 3.63) is 34.9 Å². The normalized spacial score (nSPS) is 17.3. The third-order valence-corrected chi connectivity index (χ3v) is 3.29. The molecule has 0 saturated carbocycles. The number of hydrogen-bond acceptors (Lipinski definition) is 2.